The summed E-state index contributed by atoms with van der Waals surface area (Å²) in [6.45, 7) is 0. The smallest absolute Gasteiger partial charge is 0.303 e. The van der Waals surface area contributed by atoms with E-state index < -0.39 is 17.8 Å². The number of rotatable bonds is 4. The molecule has 15 heavy (non-hydrogen) atoms. The van der Waals surface area contributed by atoms with Gasteiger partial charge in [0.15, 0.2) is 0 Å². The number of carboxylic acids is 1. The predicted octanol–water partition coefficient (Wildman–Crippen LogP) is 1.40. The van der Waals surface area contributed by atoms with E-state index in [1.807, 2.05) is 0 Å². The fraction of sp³-hybridized carbons (Fsp3) is 0.300. The van der Waals surface area contributed by atoms with Gasteiger partial charge in [-0.25, -0.2) is 4.39 Å². The summed E-state index contributed by atoms with van der Waals surface area (Å²) in [4.78, 5) is 10.3. The number of phenolic OH excluding ortho intramolecular Hbond substituents is 1. The van der Waals surface area contributed by atoms with Crippen molar-refractivity contribution in [1.29, 1.82) is 0 Å². The van der Waals surface area contributed by atoms with E-state index in [0.717, 1.165) is 12.1 Å². The van der Waals surface area contributed by atoms with E-state index in [4.69, 9.17) is 10.8 Å². The van der Waals surface area contributed by atoms with Crippen molar-refractivity contribution in [1.82, 2.24) is 0 Å². The Kier molecular flexibility index (Phi) is 3.62. The number of aliphatic carboxylic acids is 1. The predicted molar refractivity (Wildman–Crippen MR) is 51.9 cm³/mol. The summed E-state index contributed by atoms with van der Waals surface area (Å²) >= 11 is 0. The Hall–Kier alpha value is -1.62. The van der Waals surface area contributed by atoms with Crippen LogP contribution in [-0.2, 0) is 4.79 Å². The third-order valence-corrected chi connectivity index (χ3v) is 2.06. The largest absolute Gasteiger partial charge is 0.508 e. The number of aromatic hydroxyl groups is 1. The molecular weight excluding hydrogens is 201 g/mol. The molecule has 1 rings (SSSR count). The second kappa shape index (κ2) is 4.75. The monoisotopic (exact) mass is 213 g/mol. The molecular formula is C10H12FNO3. The van der Waals surface area contributed by atoms with Gasteiger partial charge in [-0.1, -0.05) is 0 Å². The highest BCUT2D eigenvalue weighted by Gasteiger charge is 2.13. The van der Waals surface area contributed by atoms with E-state index in [2.05, 4.69) is 0 Å². The van der Waals surface area contributed by atoms with Gasteiger partial charge < -0.3 is 15.9 Å². The van der Waals surface area contributed by atoms with Gasteiger partial charge in [-0.15, -0.1) is 0 Å². The van der Waals surface area contributed by atoms with Crippen LogP contribution < -0.4 is 5.73 Å². The molecule has 0 bridgehead atoms. The minimum absolute atomic E-state index is 0.114. The maximum absolute atomic E-state index is 12.8. The first-order valence-electron chi connectivity index (χ1n) is 4.46. The summed E-state index contributed by atoms with van der Waals surface area (Å²) in [6, 6.07) is 2.76. The van der Waals surface area contributed by atoms with E-state index in [1.165, 1.54) is 6.07 Å². The summed E-state index contributed by atoms with van der Waals surface area (Å²) in [7, 11) is 0. The molecule has 0 aliphatic rings. The van der Waals surface area contributed by atoms with Gasteiger partial charge in [0.05, 0.1) is 0 Å². The van der Waals surface area contributed by atoms with Crippen LogP contribution in [-0.4, -0.2) is 16.2 Å². The van der Waals surface area contributed by atoms with E-state index in [9.17, 15) is 14.3 Å². The first-order valence-corrected chi connectivity index (χ1v) is 4.46. The van der Waals surface area contributed by atoms with Gasteiger partial charge in [-0.05, 0) is 24.6 Å². The average molecular weight is 213 g/mol. The van der Waals surface area contributed by atoms with E-state index in [0.29, 0.717) is 0 Å². The molecule has 0 amide bonds. The number of benzene rings is 1. The molecule has 0 saturated carbocycles. The lowest BCUT2D eigenvalue weighted by Crippen LogP contribution is -2.12. The number of phenols is 1. The molecule has 0 aliphatic carbocycles. The third kappa shape index (κ3) is 3.21. The summed E-state index contributed by atoms with van der Waals surface area (Å²) in [5.74, 6) is -1.59. The quantitative estimate of drug-likeness (QED) is 0.705. The highest BCUT2D eigenvalue weighted by molar-refractivity contribution is 5.66. The van der Waals surface area contributed by atoms with Gasteiger partial charge >= 0.3 is 5.97 Å². The minimum atomic E-state index is -0.971. The van der Waals surface area contributed by atoms with Gasteiger partial charge in [0, 0.05) is 18.0 Å². The van der Waals surface area contributed by atoms with Gasteiger partial charge in [-0.2, -0.15) is 0 Å². The molecule has 0 spiro atoms. The van der Waals surface area contributed by atoms with Gasteiger partial charge in [0.2, 0.25) is 0 Å². The number of hydrogen-bond donors (Lipinski definition) is 3. The van der Waals surface area contributed by atoms with E-state index in [-0.39, 0.29) is 24.2 Å². The van der Waals surface area contributed by atoms with Crippen molar-refractivity contribution in [3.8, 4) is 5.75 Å². The molecule has 1 atom stereocenters. The molecule has 0 aliphatic heterocycles. The second-order valence-electron chi connectivity index (χ2n) is 3.24. The standard InChI is InChI=1S/C10H12FNO3/c11-6-1-3-9(13)7(5-6)8(12)2-4-10(14)15/h1,3,5,8,13H,2,4,12H2,(H,14,15). The van der Waals surface area contributed by atoms with Crippen molar-refractivity contribution >= 4 is 5.97 Å². The molecule has 5 heteroatoms. The first kappa shape index (κ1) is 11.5. The van der Waals surface area contributed by atoms with Crippen LogP contribution in [0.5, 0.6) is 5.75 Å². The Labute approximate surface area is 86.1 Å². The Morgan fingerprint density at radius 1 is 1.53 bits per heavy atom. The van der Waals surface area contributed by atoms with Crippen LogP contribution in [0.2, 0.25) is 0 Å². The molecule has 82 valence electrons. The number of nitrogens with two attached hydrogens (primary N) is 1. The molecule has 1 unspecified atom stereocenters. The molecule has 1 aromatic rings. The fourth-order valence-corrected chi connectivity index (χ4v) is 1.26. The number of hydrogen-bond acceptors (Lipinski definition) is 3. The molecule has 4 nitrogen and oxygen atoms in total. The van der Waals surface area contributed by atoms with E-state index >= 15 is 0 Å². The lowest BCUT2D eigenvalue weighted by molar-refractivity contribution is -0.137. The Bertz CT molecular complexity index is 368. The van der Waals surface area contributed by atoms with Crippen molar-refractivity contribution < 1.29 is 19.4 Å². The molecule has 1 aromatic carbocycles. The summed E-state index contributed by atoms with van der Waals surface area (Å²) in [6.07, 6.45) is 0.0451. The Morgan fingerprint density at radius 3 is 2.80 bits per heavy atom. The molecule has 4 N–H and O–H groups in total. The van der Waals surface area contributed by atoms with Crippen molar-refractivity contribution in [2.75, 3.05) is 0 Å². The highest BCUT2D eigenvalue weighted by Crippen LogP contribution is 2.26. The number of carbonyl (C=O) groups is 1. The van der Waals surface area contributed by atoms with Crippen molar-refractivity contribution in [3.63, 3.8) is 0 Å². The van der Waals surface area contributed by atoms with Crippen LogP contribution in [0.3, 0.4) is 0 Å². The Morgan fingerprint density at radius 2 is 2.20 bits per heavy atom. The molecule has 0 fully saturated rings. The first-order chi connectivity index (χ1) is 7.00. The van der Waals surface area contributed by atoms with Crippen LogP contribution in [0.1, 0.15) is 24.4 Å². The molecule has 0 aromatic heterocycles. The normalized spacial score (nSPS) is 12.4. The zero-order valence-corrected chi connectivity index (χ0v) is 7.98. The van der Waals surface area contributed by atoms with Gasteiger partial charge in [0.1, 0.15) is 11.6 Å². The SMILES string of the molecule is NC(CCC(=O)O)c1cc(F)ccc1O. The van der Waals surface area contributed by atoms with Crippen LogP contribution >= 0.6 is 0 Å². The molecule has 0 radical (unpaired) electrons. The average Bonchev–Trinajstić information content (AvgIpc) is 2.18. The van der Waals surface area contributed by atoms with Crippen molar-refractivity contribution in [2.45, 2.75) is 18.9 Å². The lowest BCUT2D eigenvalue weighted by atomic mass is 10.0. The highest BCUT2D eigenvalue weighted by atomic mass is 19.1. The molecule has 0 saturated heterocycles. The Balaban J connectivity index is 2.76. The third-order valence-electron chi connectivity index (χ3n) is 2.06. The number of carboxylic acid groups (broad SMARTS) is 1. The second-order valence-corrected chi connectivity index (χ2v) is 3.24. The fourth-order valence-electron chi connectivity index (χ4n) is 1.26. The van der Waals surface area contributed by atoms with E-state index in [1.54, 1.807) is 0 Å². The molecule has 0 heterocycles. The minimum Gasteiger partial charge on any atom is -0.508 e. The van der Waals surface area contributed by atoms with Crippen molar-refractivity contribution in [3.05, 3.63) is 29.6 Å². The van der Waals surface area contributed by atoms with Gasteiger partial charge in [0.25, 0.3) is 0 Å². The van der Waals surface area contributed by atoms with Crippen LogP contribution in [0, 0.1) is 5.82 Å². The zero-order valence-electron chi connectivity index (χ0n) is 7.98. The lowest BCUT2D eigenvalue weighted by Gasteiger charge is -2.12. The van der Waals surface area contributed by atoms with Gasteiger partial charge in [-0.3, -0.25) is 4.79 Å². The van der Waals surface area contributed by atoms with Crippen LogP contribution in [0.25, 0.3) is 0 Å². The maximum atomic E-state index is 12.8. The summed E-state index contributed by atoms with van der Waals surface area (Å²) in [5, 5.41) is 17.8. The maximum Gasteiger partial charge on any atom is 0.303 e. The van der Waals surface area contributed by atoms with Crippen LogP contribution in [0.4, 0.5) is 4.39 Å². The summed E-state index contributed by atoms with van der Waals surface area (Å²) < 4.78 is 12.8. The topological polar surface area (TPSA) is 83.6 Å². The van der Waals surface area contributed by atoms with Crippen molar-refractivity contribution in [2.24, 2.45) is 5.73 Å². The zero-order chi connectivity index (χ0) is 11.4. The summed E-state index contributed by atoms with van der Waals surface area (Å²) in [5.41, 5.74) is 5.86. The van der Waals surface area contributed by atoms with Crippen LogP contribution in [0.15, 0.2) is 18.2 Å². The number of halogens is 1.